The number of anilines is 5. The van der Waals surface area contributed by atoms with Crippen molar-refractivity contribution < 1.29 is 8.81 Å². The average Bonchev–Trinajstić information content (AvgIpc) is 3.86. The SMILES string of the molecule is Cc1ccc(N(c2cc3c(c4ccccc24)-c2c(ccc4ccccc24)C32C3=CC=CCC3N(c3ccccc3)c3ccccc32)c2cccc3c2oc2c(F)cccc23)cc1. The first kappa shape index (κ1) is 35.1. The smallest absolute Gasteiger partial charge is 0.171 e. The van der Waals surface area contributed by atoms with Gasteiger partial charge in [-0.15, -0.1) is 0 Å². The maximum Gasteiger partial charge on any atom is 0.171 e. The standard InChI is InChI=1S/C58H39FN2O/c1-36-29-32-39(33-30-36)61(52-28-14-22-44-43-21-13-25-49(59)56(43)62-57(44)52)53-35-48-55(42-20-8-7-19-41(42)53)54-40-18-6-5-15-37(40)31-34-47(54)58(48)45-23-9-11-26-50(45)60(38-16-3-2-4-17-38)51-27-12-10-24-46(51)58/h2-26,28-35,51H,27H2,1H3. The Kier molecular flexibility index (Phi) is 7.45. The molecule has 62 heavy (non-hydrogen) atoms. The molecule has 0 fully saturated rings. The number of allylic oxidation sites excluding steroid dienone is 2. The van der Waals surface area contributed by atoms with Gasteiger partial charge in [0.15, 0.2) is 17.0 Å². The summed E-state index contributed by atoms with van der Waals surface area (Å²) in [5.41, 5.74) is 14.4. The van der Waals surface area contributed by atoms with Gasteiger partial charge in [0.1, 0.15) is 0 Å². The van der Waals surface area contributed by atoms with Crippen molar-refractivity contribution in [2.45, 2.75) is 24.8 Å². The monoisotopic (exact) mass is 798 g/mol. The Morgan fingerprint density at radius 2 is 1.27 bits per heavy atom. The van der Waals surface area contributed by atoms with Crippen molar-refractivity contribution in [3.8, 4) is 11.1 Å². The molecule has 1 spiro atoms. The van der Waals surface area contributed by atoms with E-state index in [-0.39, 0.29) is 17.4 Å². The van der Waals surface area contributed by atoms with Crippen LogP contribution in [0.5, 0.6) is 0 Å². The summed E-state index contributed by atoms with van der Waals surface area (Å²) >= 11 is 0. The number of hydrogen-bond donors (Lipinski definition) is 0. The molecule has 2 atom stereocenters. The van der Waals surface area contributed by atoms with Gasteiger partial charge in [-0.3, -0.25) is 0 Å². The largest absolute Gasteiger partial charge is 0.451 e. The summed E-state index contributed by atoms with van der Waals surface area (Å²) in [4.78, 5) is 4.91. The lowest BCUT2D eigenvalue weighted by Crippen LogP contribution is -2.48. The third-order valence-corrected chi connectivity index (χ3v) is 13.7. The van der Waals surface area contributed by atoms with Crippen LogP contribution in [0.2, 0.25) is 0 Å². The van der Waals surface area contributed by atoms with Crippen LogP contribution in [-0.4, -0.2) is 6.04 Å². The molecule has 9 aromatic carbocycles. The normalized spacial score (nSPS) is 17.4. The number of halogens is 1. The number of rotatable bonds is 4. The molecule has 1 aliphatic heterocycles. The molecule has 0 N–H and O–H groups in total. The molecule has 2 aliphatic carbocycles. The maximum absolute atomic E-state index is 15.5. The van der Waals surface area contributed by atoms with E-state index < -0.39 is 5.41 Å². The highest BCUT2D eigenvalue weighted by atomic mass is 19.1. The molecule has 4 heteroatoms. The molecule has 3 aliphatic rings. The lowest BCUT2D eigenvalue weighted by atomic mass is 9.61. The molecule has 294 valence electrons. The highest BCUT2D eigenvalue weighted by Crippen LogP contribution is 2.66. The number of fused-ring (bicyclic) bond motifs is 16. The first-order chi connectivity index (χ1) is 30.6. The lowest BCUT2D eigenvalue weighted by Gasteiger charge is -2.51. The van der Waals surface area contributed by atoms with Crippen LogP contribution in [0, 0.1) is 12.7 Å². The number of aryl methyl sites for hydroxylation is 1. The summed E-state index contributed by atoms with van der Waals surface area (Å²) in [5, 5.41) is 6.40. The average molecular weight is 799 g/mol. The van der Waals surface area contributed by atoms with Crippen molar-refractivity contribution in [2.24, 2.45) is 0 Å². The number of benzene rings is 9. The fraction of sp³-hybridized carbons (Fsp3) is 0.0690. The van der Waals surface area contributed by atoms with Crippen LogP contribution >= 0.6 is 0 Å². The number of para-hydroxylation sites is 4. The first-order valence-corrected chi connectivity index (χ1v) is 21.5. The summed E-state index contributed by atoms with van der Waals surface area (Å²) in [6, 6.07) is 65.1. The van der Waals surface area contributed by atoms with E-state index in [1.165, 1.54) is 72.6 Å². The minimum atomic E-state index is -0.641. The van der Waals surface area contributed by atoms with Crippen molar-refractivity contribution >= 4 is 71.9 Å². The zero-order chi connectivity index (χ0) is 41.1. The highest BCUT2D eigenvalue weighted by Gasteiger charge is 2.55. The molecule has 2 unspecified atom stereocenters. The molecule has 0 radical (unpaired) electrons. The van der Waals surface area contributed by atoms with Crippen LogP contribution < -0.4 is 9.80 Å². The molecule has 0 saturated carbocycles. The summed E-state index contributed by atoms with van der Waals surface area (Å²) in [6.45, 7) is 2.12. The van der Waals surface area contributed by atoms with E-state index in [4.69, 9.17) is 4.42 Å². The van der Waals surface area contributed by atoms with Gasteiger partial charge >= 0.3 is 0 Å². The minimum Gasteiger partial charge on any atom is -0.451 e. The molecule has 0 bridgehead atoms. The van der Waals surface area contributed by atoms with E-state index in [0.717, 1.165) is 39.6 Å². The predicted molar refractivity (Wildman–Crippen MR) is 254 cm³/mol. The Morgan fingerprint density at radius 3 is 2.13 bits per heavy atom. The molecule has 10 aromatic rings. The van der Waals surface area contributed by atoms with E-state index in [1.54, 1.807) is 6.07 Å². The molecule has 0 amide bonds. The maximum atomic E-state index is 15.5. The number of nitrogens with zero attached hydrogens (tertiary/aromatic N) is 2. The molecule has 3 nitrogen and oxygen atoms in total. The lowest BCUT2D eigenvalue weighted by molar-refractivity contribution is 0.584. The van der Waals surface area contributed by atoms with Crippen LogP contribution in [0.3, 0.4) is 0 Å². The van der Waals surface area contributed by atoms with Crippen LogP contribution in [0.15, 0.2) is 210 Å². The van der Waals surface area contributed by atoms with E-state index in [0.29, 0.717) is 5.58 Å². The van der Waals surface area contributed by atoms with Crippen molar-refractivity contribution in [3.05, 3.63) is 234 Å². The number of furan rings is 1. The molecule has 13 rings (SSSR count). The Balaban J connectivity index is 1.20. The van der Waals surface area contributed by atoms with Crippen molar-refractivity contribution in [2.75, 3.05) is 9.80 Å². The molecular formula is C58H39FN2O. The van der Waals surface area contributed by atoms with E-state index >= 15 is 4.39 Å². The van der Waals surface area contributed by atoms with Gasteiger partial charge in [0.2, 0.25) is 0 Å². The van der Waals surface area contributed by atoms with Gasteiger partial charge in [0.05, 0.1) is 22.8 Å². The van der Waals surface area contributed by atoms with Gasteiger partial charge in [-0.05, 0) is 111 Å². The third-order valence-electron chi connectivity index (χ3n) is 13.7. The Bertz CT molecular complexity index is 3550. The Labute approximate surface area is 358 Å². The van der Waals surface area contributed by atoms with E-state index in [2.05, 4.69) is 193 Å². The second kappa shape index (κ2) is 13.2. The predicted octanol–water partition coefficient (Wildman–Crippen LogP) is 15.5. The topological polar surface area (TPSA) is 19.6 Å². The Morgan fingerprint density at radius 1 is 0.581 bits per heavy atom. The fourth-order valence-electron chi connectivity index (χ4n) is 11.2. The van der Waals surface area contributed by atoms with E-state index in [9.17, 15) is 0 Å². The van der Waals surface area contributed by atoms with E-state index in [1.807, 2.05) is 12.1 Å². The molecular weight excluding hydrogens is 760 g/mol. The van der Waals surface area contributed by atoms with Crippen LogP contribution in [-0.2, 0) is 5.41 Å². The zero-order valence-electron chi connectivity index (χ0n) is 34.0. The van der Waals surface area contributed by atoms with Gasteiger partial charge in [-0.25, -0.2) is 4.39 Å². The molecule has 1 aromatic heterocycles. The van der Waals surface area contributed by atoms with Gasteiger partial charge in [0.25, 0.3) is 0 Å². The summed E-state index contributed by atoms with van der Waals surface area (Å²) in [5.74, 6) is -0.369. The summed E-state index contributed by atoms with van der Waals surface area (Å²) in [6.07, 6.45) is 7.87. The second-order valence-corrected chi connectivity index (χ2v) is 16.9. The van der Waals surface area contributed by atoms with Crippen molar-refractivity contribution in [1.29, 1.82) is 0 Å². The van der Waals surface area contributed by atoms with Crippen LogP contribution in [0.25, 0.3) is 54.6 Å². The first-order valence-electron chi connectivity index (χ1n) is 21.5. The summed E-state index contributed by atoms with van der Waals surface area (Å²) in [7, 11) is 0. The van der Waals surface area contributed by atoms with Gasteiger partial charge in [-0.1, -0.05) is 157 Å². The minimum absolute atomic E-state index is 0.0601. The highest BCUT2D eigenvalue weighted by molar-refractivity contribution is 6.18. The summed E-state index contributed by atoms with van der Waals surface area (Å²) < 4.78 is 22.1. The quantitative estimate of drug-likeness (QED) is 0.177. The van der Waals surface area contributed by atoms with Crippen molar-refractivity contribution in [1.82, 2.24) is 0 Å². The van der Waals surface area contributed by atoms with Gasteiger partial charge < -0.3 is 14.2 Å². The number of hydrogen-bond acceptors (Lipinski definition) is 3. The van der Waals surface area contributed by atoms with Gasteiger partial charge in [-0.2, -0.15) is 0 Å². The molecule has 2 heterocycles. The second-order valence-electron chi connectivity index (χ2n) is 16.9. The third kappa shape index (κ3) is 4.69. The van der Waals surface area contributed by atoms with Gasteiger partial charge in [0, 0.05) is 33.2 Å². The zero-order valence-corrected chi connectivity index (χ0v) is 34.0. The van der Waals surface area contributed by atoms with Crippen LogP contribution in [0.1, 0.15) is 28.7 Å². The van der Waals surface area contributed by atoms with Crippen molar-refractivity contribution in [3.63, 3.8) is 0 Å². The fourth-order valence-corrected chi connectivity index (χ4v) is 11.2. The molecule has 0 saturated heterocycles. The Hall–Kier alpha value is -7.69. The van der Waals surface area contributed by atoms with Crippen LogP contribution in [0.4, 0.5) is 32.8 Å².